The van der Waals surface area contributed by atoms with Crippen LogP contribution in [0.3, 0.4) is 0 Å². The van der Waals surface area contributed by atoms with Crippen molar-refractivity contribution < 1.29 is 14.4 Å². The second kappa shape index (κ2) is 8.36. The largest absolute Gasteiger partial charge is 0.347 e. The lowest BCUT2D eigenvalue weighted by molar-refractivity contribution is -0.154. The summed E-state index contributed by atoms with van der Waals surface area (Å²) >= 11 is 0. The Bertz CT molecular complexity index is 1760. The van der Waals surface area contributed by atoms with Gasteiger partial charge in [-0.3, -0.25) is 29.0 Å². The molecule has 9 heteroatoms. The van der Waals surface area contributed by atoms with Crippen LogP contribution in [0, 0.1) is 12.3 Å². The second-order valence-electron chi connectivity index (χ2n) is 10.5. The third kappa shape index (κ3) is 3.29. The smallest absolute Gasteiger partial charge is 0.331 e. The SMILES string of the molecule is Cc1ccc(CN2C(=O)NC(=O)[C@]3(Cc4c(nc5ccccn5c4=O)N4CCc5ccccc5[C@H]43)C2=O)cc1. The molecule has 4 aromatic rings. The van der Waals surface area contributed by atoms with Crippen LogP contribution in [0.4, 0.5) is 10.6 Å². The fraction of sp³-hybridized carbons (Fsp3) is 0.233. The van der Waals surface area contributed by atoms with Gasteiger partial charge in [0.25, 0.3) is 5.56 Å². The first-order chi connectivity index (χ1) is 18.9. The number of nitrogens with one attached hydrogen (secondary N) is 1. The molecule has 3 aliphatic rings. The van der Waals surface area contributed by atoms with Gasteiger partial charge in [0.15, 0.2) is 5.41 Å². The molecule has 1 fully saturated rings. The first-order valence-corrected chi connectivity index (χ1v) is 13.0. The zero-order valence-electron chi connectivity index (χ0n) is 21.3. The van der Waals surface area contributed by atoms with Crippen molar-refractivity contribution in [3.05, 3.63) is 111 Å². The predicted octanol–water partition coefficient (Wildman–Crippen LogP) is 2.93. The molecule has 4 amide bonds. The second-order valence-corrected chi connectivity index (χ2v) is 10.5. The Morgan fingerprint density at radius 1 is 0.974 bits per heavy atom. The molecule has 3 aliphatic heterocycles. The molecule has 2 atom stereocenters. The molecule has 0 unspecified atom stereocenters. The number of urea groups is 1. The van der Waals surface area contributed by atoms with E-state index in [9.17, 15) is 19.2 Å². The Kier molecular flexibility index (Phi) is 5.00. The van der Waals surface area contributed by atoms with Crippen molar-refractivity contribution >= 4 is 29.3 Å². The standard InChI is InChI=1S/C30H25N5O4/c1-18-9-11-19(12-10-18)17-35-28(38)30(27(37)32-29(35)39)16-22-25(31-23-8-4-5-14-33(23)26(22)36)34-15-13-20-6-2-3-7-21(20)24(30)34/h2-12,14,24H,13,15-17H2,1H3,(H,32,37,39)/t24-,30+/m0/s1. The molecular weight excluding hydrogens is 494 g/mol. The maximum Gasteiger partial charge on any atom is 0.331 e. The number of nitrogens with zero attached hydrogens (tertiary/aromatic N) is 4. The van der Waals surface area contributed by atoms with Crippen LogP contribution in [-0.2, 0) is 29.0 Å². The first kappa shape index (κ1) is 23.3. The van der Waals surface area contributed by atoms with Crippen molar-refractivity contribution in [1.29, 1.82) is 0 Å². The van der Waals surface area contributed by atoms with Gasteiger partial charge in [-0.15, -0.1) is 0 Å². The summed E-state index contributed by atoms with van der Waals surface area (Å²) in [7, 11) is 0. The Labute approximate surface area is 223 Å². The zero-order chi connectivity index (χ0) is 26.9. The third-order valence-electron chi connectivity index (χ3n) is 8.24. The van der Waals surface area contributed by atoms with Crippen LogP contribution in [0.15, 0.2) is 77.7 Å². The summed E-state index contributed by atoms with van der Waals surface area (Å²) in [5.74, 6) is -0.807. The lowest BCUT2D eigenvalue weighted by atomic mass is 9.65. The summed E-state index contributed by atoms with van der Waals surface area (Å²) in [5.41, 5.74) is 2.41. The molecular formula is C30H25N5O4. The summed E-state index contributed by atoms with van der Waals surface area (Å²) in [6.45, 7) is 2.44. The Hall–Kier alpha value is -4.79. The fourth-order valence-electron chi connectivity index (χ4n) is 6.33. The summed E-state index contributed by atoms with van der Waals surface area (Å²) in [4.78, 5) is 63.2. The molecule has 0 radical (unpaired) electrons. The minimum Gasteiger partial charge on any atom is -0.347 e. The number of hydrogen-bond acceptors (Lipinski definition) is 6. The lowest BCUT2D eigenvalue weighted by Crippen LogP contribution is -2.70. The third-order valence-corrected chi connectivity index (χ3v) is 8.24. The highest BCUT2D eigenvalue weighted by atomic mass is 16.2. The number of carbonyl (C=O) groups is 3. The molecule has 0 aliphatic carbocycles. The monoisotopic (exact) mass is 519 g/mol. The van der Waals surface area contributed by atoms with E-state index < -0.39 is 29.3 Å². The predicted molar refractivity (Wildman–Crippen MR) is 143 cm³/mol. The van der Waals surface area contributed by atoms with Crippen molar-refractivity contribution in [3.63, 3.8) is 0 Å². The van der Waals surface area contributed by atoms with E-state index in [0.717, 1.165) is 27.2 Å². The summed E-state index contributed by atoms with van der Waals surface area (Å²) < 4.78 is 1.44. The van der Waals surface area contributed by atoms with Gasteiger partial charge in [-0.1, -0.05) is 60.2 Å². The number of carbonyl (C=O) groups excluding carboxylic acids is 3. The van der Waals surface area contributed by atoms with Gasteiger partial charge >= 0.3 is 6.03 Å². The molecule has 0 saturated carbocycles. The van der Waals surface area contributed by atoms with Crippen molar-refractivity contribution in [2.45, 2.75) is 32.4 Å². The van der Waals surface area contributed by atoms with Crippen LogP contribution in [0.2, 0.25) is 0 Å². The van der Waals surface area contributed by atoms with Gasteiger partial charge in [0, 0.05) is 19.2 Å². The molecule has 194 valence electrons. The minimum absolute atomic E-state index is 0.0101. The van der Waals surface area contributed by atoms with Crippen LogP contribution >= 0.6 is 0 Å². The van der Waals surface area contributed by atoms with E-state index in [1.165, 1.54) is 4.40 Å². The highest BCUT2D eigenvalue weighted by Crippen LogP contribution is 2.52. The first-order valence-electron chi connectivity index (χ1n) is 13.0. The summed E-state index contributed by atoms with van der Waals surface area (Å²) in [5, 5.41) is 2.47. The number of fused-ring (bicyclic) bond motifs is 7. The highest BCUT2D eigenvalue weighted by molar-refractivity contribution is 6.20. The van der Waals surface area contributed by atoms with E-state index in [0.29, 0.717) is 30.0 Å². The van der Waals surface area contributed by atoms with Crippen LogP contribution in [-0.4, -0.2) is 38.7 Å². The van der Waals surface area contributed by atoms with Crippen LogP contribution in [0.5, 0.6) is 0 Å². The van der Waals surface area contributed by atoms with Crippen molar-refractivity contribution in [1.82, 2.24) is 19.6 Å². The number of imide groups is 2. The van der Waals surface area contributed by atoms with Gasteiger partial charge < -0.3 is 4.90 Å². The number of pyridine rings is 1. The average Bonchev–Trinajstić information content (AvgIpc) is 2.95. The number of benzene rings is 2. The molecule has 1 N–H and O–H groups in total. The maximum absolute atomic E-state index is 14.5. The summed E-state index contributed by atoms with van der Waals surface area (Å²) in [6.07, 6.45) is 2.13. The number of amides is 4. The van der Waals surface area contributed by atoms with Gasteiger partial charge in [0.1, 0.15) is 11.5 Å². The molecule has 39 heavy (non-hydrogen) atoms. The van der Waals surface area contributed by atoms with E-state index in [1.54, 1.807) is 18.3 Å². The number of hydrogen-bond donors (Lipinski definition) is 1. The number of anilines is 1. The maximum atomic E-state index is 14.5. The average molecular weight is 520 g/mol. The van der Waals surface area contributed by atoms with Gasteiger partial charge in [-0.2, -0.15) is 0 Å². The topological polar surface area (TPSA) is 104 Å². The number of aromatic nitrogens is 2. The van der Waals surface area contributed by atoms with Gasteiger partial charge in [-0.25, -0.2) is 9.78 Å². The number of rotatable bonds is 2. The van der Waals surface area contributed by atoms with Crippen LogP contribution in [0.1, 0.15) is 33.9 Å². The molecule has 7 rings (SSSR count). The molecule has 5 heterocycles. The summed E-state index contributed by atoms with van der Waals surface area (Å²) in [6, 6.07) is 19.1. The van der Waals surface area contributed by atoms with Crippen LogP contribution < -0.4 is 15.8 Å². The Morgan fingerprint density at radius 3 is 2.56 bits per heavy atom. The highest BCUT2D eigenvalue weighted by Gasteiger charge is 2.64. The molecule has 1 saturated heterocycles. The Morgan fingerprint density at radius 2 is 1.74 bits per heavy atom. The van der Waals surface area contributed by atoms with E-state index in [1.807, 2.05) is 66.4 Å². The number of barbiturate groups is 1. The van der Waals surface area contributed by atoms with E-state index in [2.05, 4.69) is 5.32 Å². The Balaban J connectivity index is 1.45. The molecule has 0 bridgehead atoms. The van der Waals surface area contributed by atoms with Gasteiger partial charge in [0.2, 0.25) is 11.8 Å². The van der Waals surface area contributed by atoms with E-state index in [-0.39, 0.29) is 18.5 Å². The lowest BCUT2D eigenvalue weighted by Gasteiger charge is -2.53. The van der Waals surface area contributed by atoms with Crippen LogP contribution in [0.25, 0.3) is 5.65 Å². The number of aryl methyl sites for hydroxylation is 1. The minimum atomic E-state index is -1.73. The normalized spacial score (nSPS) is 22.0. The van der Waals surface area contributed by atoms with Gasteiger partial charge in [-0.05, 0) is 42.2 Å². The van der Waals surface area contributed by atoms with Crippen molar-refractivity contribution in [3.8, 4) is 0 Å². The molecule has 2 aromatic carbocycles. The molecule has 9 nitrogen and oxygen atoms in total. The van der Waals surface area contributed by atoms with Crippen molar-refractivity contribution in [2.75, 3.05) is 11.4 Å². The van der Waals surface area contributed by atoms with Gasteiger partial charge in [0.05, 0.1) is 18.2 Å². The fourth-order valence-corrected chi connectivity index (χ4v) is 6.33. The molecule has 1 spiro atoms. The van der Waals surface area contributed by atoms with Crippen molar-refractivity contribution in [2.24, 2.45) is 5.41 Å². The quantitative estimate of drug-likeness (QED) is 0.409. The van der Waals surface area contributed by atoms with E-state index >= 15 is 0 Å². The zero-order valence-corrected chi connectivity index (χ0v) is 21.3. The van der Waals surface area contributed by atoms with E-state index in [4.69, 9.17) is 4.98 Å². The molecule has 2 aromatic heterocycles.